The molecule has 1 aliphatic heterocycles. The van der Waals surface area contributed by atoms with E-state index < -0.39 is 152 Å². The van der Waals surface area contributed by atoms with Crippen LogP contribution in [0.3, 0.4) is 0 Å². The number of hydrogen-bond donors (Lipinski definition) is 12. The number of likely N-dealkylation sites (tertiary alicyclic amines) is 1. The zero-order chi connectivity index (χ0) is 50.4. The lowest BCUT2D eigenvalue weighted by molar-refractivity contribution is -0.144. The van der Waals surface area contributed by atoms with E-state index in [-0.39, 0.29) is 50.5 Å². The summed E-state index contributed by atoms with van der Waals surface area (Å²) in [5.41, 5.74) is 5.90. The first-order valence-corrected chi connectivity index (χ1v) is 23.2. The zero-order valence-electron chi connectivity index (χ0n) is 38.5. The van der Waals surface area contributed by atoms with E-state index >= 15 is 0 Å². The van der Waals surface area contributed by atoms with E-state index in [0.29, 0.717) is 5.75 Å². The van der Waals surface area contributed by atoms with Gasteiger partial charge in [0.15, 0.2) is 0 Å². The quantitative estimate of drug-likeness (QED) is 0.0351. The molecule has 13 N–H and O–H groups in total. The second kappa shape index (κ2) is 29.2. The number of rotatable bonds is 30. The molecule has 1 rings (SSSR count). The third-order valence-electron chi connectivity index (χ3n) is 10.3. The van der Waals surface area contributed by atoms with E-state index in [1.54, 1.807) is 20.1 Å². The molecule has 0 saturated carbocycles. The lowest BCUT2D eigenvalue weighted by Gasteiger charge is -2.30. The van der Waals surface area contributed by atoms with Crippen molar-refractivity contribution in [3.05, 3.63) is 0 Å². The van der Waals surface area contributed by atoms with Gasteiger partial charge < -0.3 is 68.3 Å². The molecule has 0 spiro atoms. The number of carboxylic acid groups (broad SMARTS) is 3. The molecular formula is C41H69N9O15S. The third kappa shape index (κ3) is 20.7. The summed E-state index contributed by atoms with van der Waals surface area (Å²) in [6.45, 7) is 8.88. The molecule has 8 amide bonds. The fourth-order valence-corrected chi connectivity index (χ4v) is 7.21. The van der Waals surface area contributed by atoms with Crippen LogP contribution >= 0.6 is 11.8 Å². The average Bonchev–Trinajstić information content (AvgIpc) is 3.73. The Morgan fingerprint density at radius 3 is 1.56 bits per heavy atom. The minimum atomic E-state index is -1.57. The monoisotopic (exact) mass is 959 g/mol. The number of thioether (sulfide) groups is 1. The molecule has 25 heteroatoms. The molecule has 9 atom stereocenters. The van der Waals surface area contributed by atoms with Gasteiger partial charge in [-0.05, 0) is 82.6 Å². The van der Waals surface area contributed by atoms with Gasteiger partial charge in [0.1, 0.15) is 48.3 Å². The highest BCUT2D eigenvalue weighted by Gasteiger charge is 2.40. The van der Waals surface area contributed by atoms with Crippen LogP contribution in [0.2, 0.25) is 0 Å². The van der Waals surface area contributed by atoms with Crippen molar-refractivity contribution in [1.29, 1.82) is 0 Å². The Bertz CT molecular complexity index is 1740. The van der Waals surface area contributed by atoms with Crippen LogP contribution in [0.4, 0.5) is 0 Å². The van der Waals surface area contributed by atoms with Crippen molar-refractivity contribution in [3.8, 4) is 0 Å². The van der Waals surface area contributed by atoms with Crippen LogP contribution in [0.5, 0.6) is 0 Å². The molecule has 0 radical (unpaired) electrons. The predicted molar refractivity (Wildman–Crippen MR) is 238 cm³/mol. The summed E-state index contributed by atoms with van der Waals surface area (Å²) in [6.07, 6.45) is 0.309. The van der Waals surface area contributed by atoms with Crippen molar-refractivity contribution in [2.24, 2.45) is 17.6 Å². The van der Waals surface area contributed by atoms with Crippen LogP contribution in [0.25, 0.3) is 0 Å². The Labute approximate surface area is 387 Å². The van der Waals surface area contributed by atoms with Crippen LogP contribution < -0.4 is 43.0 Å². The molecule has 66 heavy (non-hydrogen) atoms. The summed E-state index contributed by atoms with van der Waals surface area (Å²) < 4.78 is 0. The minimum Gasteiger partial charge on any atom is -0.481 e. The van der Waals surface area contributed by atoms with Gasteiger partial charge in [-0.15, -0.1) is 0 Å². The van der Waals surface area contributed by atoms with Gasteiger partial charge in [0.05, 0.1) is 12.6 Å². The van der Waals surface area contributed by atoms with E-state index in [9.17, 15) is 73.2 Å². The highest BCUT2D eigenvalue weighted by atomic mass is 32.2. The first-order valence-electron chi connectivity index (χ1n) is 21.8. The highest BCUT2D eigenvalue weighted by Crippen LogP contribution is 2.21. The molecule has 1 fully saturated rings. The van der Waals surface area contributed by atoms with Gasteiger partial charge in [0.2, 0.25) is 47.3 Å². The maximum absolute atomic E-state index is 14.0. The van der Waals surface area contributed by atoms with E-state index in [2.05, 4.69) is 37.2 Å². The van der Waals surface area contributed by atoms with Crippen molar-refractivity contribution in [2.45, 2.75) is 154 Å². The number of hydrogen-bond acceptors (Lipinski definition) is 14. The standard InChI is InChI=1S/C41H69N9O15S/c1-20(2)17-24(42)35(58)49-29(19-51)38(61)47-27(11-13-32(54)55)40(63)50-15-8-9-30(50)39(62)46-25(10-12-31(52)53)37(60)45-26(14-16-66-7)36(59)44-22(5)33(56)43-23(6)34(57)48-28(41(64)65)18-21(3)4/h20-30,51H,8-19,42H2,1-7H3,(H,43,56)(H,44,59)(H,45,60)(H,46,62)(H,47,61)(H,48,57)(H,49,58)(H,52,53)(H,54,55)(H,64,65)/t22-,23-,24-,25-,26-,27-,28-,29-,30-/m0/s1. The van der Waals surface area contributed by atoms with Crippen molar-refractivity contribution >= 4 is 76.9 Å². The lowest BCUT2D eigenvalue weighted by atomic mass is 10.0. The summed E-state index contributed by atoms with van der Waals surface area (Å²) in [5.74, 6) is -10.6. The summed E-state index contributed by atoms with van der Waals surface area (Å²) in [4.78, 5) is 142. The molecule has 0 aromatic heterocycles. The number of carbonyl (C=O) groups is 11. The highest BCUT2D eigenvalue weighted by molar-refractivity contribution is 7.98. The number of amides is 8. The molecule has 24 nitrogen and oxygen atoms in total. The number of nitrogens with zero attached hydrogens (tertiary/aromatic N) is 1. The van der Waals surface area contributed by atoms with Crippen LogP contribution in [-0.2, 0) is 52.7 Å². The summed E-state index contributed by atoms with van der Waals surface area (Å²) in [7, 11) is 0. The van der Waals surface area contributed by atoms with Gasteiger partial charge in [-0.1, -0.05) is 27.7 Å². The van der Waals surface area contributed by atoms with Crippen molar-refractivity contribution in [3.63, 3.8) is 0 Å². The van der Waals surface area contributed by atoms with Gasteiger partial charge in [-0.3, -0.25) is 47.9 Å². The van der Waals surface area contributed by atoms with Gasteiger partial charge in [0.25, 0.3) is 0 Å². The smallest absolute Gasteiger partial charge is 0.326 e. The fraction of sp³-hybridized carbons (Fsp3) is 0.732. The molecule has 1 saturated heterocycles. The van der Waals surface area contributed by atoms with Crippen LogP contribution in [0.1, 0.15) is 99.3 Å². The van der Waals surface area contributed by atoms with Gasteiger partial charge in [-0.2, -0.15) is 11.8 Å². The number of carbonyl (C=O) groups excluding carboxylic acids is 8. The number of aliphatic carboxylic acids is 3. The Hall–Kier alpha value is -5.56. The molecule has 0 bridgehead atoms. The number of aliphatic hydroxyl groups excluding tert-OH is 1. The summed E-state index contributed by atoms with van der Waals surface area (Å²) in [5, 5.41) is 55.1. The first-order chi connectivity index (χ1) is 30.8. The topological polar surface area (TPSA) is 382 Å². The van der Waals surface area contributed by atoms with Crippen molar-refractivity contribution in [2.75, 3.05) is 25.2 Å². The second-order valence-corrected chi connectivity index (χ2v) is 18.0. The Balaban J connectivity index is 3.22. The Kier molecular flexibility index (Phi) is 25.8. The van der Waals surface area contributed by atoms with Crippen LogP contribution in [0.15, 0.2) is 0 Å². The number of nitrogens with one attached hydrogen (secondary N) is 7. The molecule has 0 aromatic rings. The lowest BCUT2D eigenvalue weighted by Crippen LogP contribution is -2.60. The number of nitrogens with two attached hydrogens (primary N) is 1. The van der Waals surface area contributed by atoms with E-state index in [4.69, 9.17) is 5.73 Å². The SMILES string of the molecule is CSCC[C@H](NC(=O)[C@H](CCC(=O)O)NC(=O)[C@@H]1CCCN1C(=O)[C@H](CCC(=O)O)NC(=O)[C@H](CO)NC(=O)[C@@H](N)CC(C)C)C(=O)N[C@@H](C)C(=O)N[C@@H](C)C(=O)N[C@@H](CC(C)C)C(=O)O. The minimum absolute atomic E-state index is 0.0117. The molecule has 374 valence electrons. The van der Waals surface area contributed by atoms with Crippen LogP contribution in [-0.4, -0.2) is 170 Å². The van der Waals surface area contributed by atoms with Gasteiger partial charge in [0, 0.05) is 19.4 Å². The Morgan fingerprint density at radius 1 is 0.591 bits per heavy atom. The van der Waals surface area contributed by atoms with Crippen molar-refractivity contribution in [1.82, 2.24) is 42.1 Å². The Morgan fingerprint density at radius 2 is 1.05 bits per heavy atom. The number of carboxylic acids is 3. The van der Waals surface area contributed by atoms with Crippen LogP contribution in [0, 0.1) is 11.8 Å². The normalized spacial score (nSPS) is 17.1. The molecular weight excluding hydrogens is 891 g/mol. The molecule has 0 unspecified atom stereocenters. The van der Waals surface area contributed by atoms with E-state index in [1.165, 1.54) is 25.6 Å². The number of aliphatic hydroxyl groups is 1. The zero-order valence-corrected chi connectivity index (χ0v) is 39.4. The second-order valence-electron chi connectivity index (χ2n) is 17.0. The molecule has 1 aliphatic rings. The average molecular weight is 960 g/mol. The van der Waals surface area contributed by atoms with Crippen molar-refractivity contribution < 1.29 is 73.2 Å². The maximum atomic E-state index is 14.0. The fourth-order valence-electron chi connectivity index (χ4n) is 6.74. The van der Waals surface area contributed by atoms with E-state index in [0.717, 1.165) is 4.90 Å². The predicted octanol–water partition coefficient (Wildman–Crippen LogP) is -2.61. The third-order valence-corrected chi connectivity index (χ3v) is 11.0. The molecule has 1 heterocycles. The molecule has 0 aromatic carbocycles. The first kappa shape index (κ1) is 58.5. The van der Waals surface area contributed by atoms with Gasteiger partial charge in [-0.25, -0.2) is 4.79 Å². The molecule has 0 aliphatic carbocycles. The summed E-state index contributed by atoms with van der Waals surface area (Å²) in [6, 6.07) is -12.0. The summed E-state index contributed by atoms with van der Waals surface area (Å²) >= 11 is 1.32. The maximum Gasteiger partial charge on any atom is 0.326 e. The van der Waals surface area contributed by atoms with Gasteiger partial charge >= 0.3 is 17.9 Å². The largest absolute Gasteiger partial charge is 0.481 e. The van der Waals surface area contributed by atoms with E-state index in [1.807, 2.05) is 13.8 Å².